The van der Waals surface area contributed by atoms with Crippen LogP contribution in [0.4, 0.5) is 10.8 Å². The molecule has 1 N–H and O–H groups in total. The number of methoxy groups -OCH3 is 1. The van der Waals surface area contributed by atoms with Gasteiger partial charge in [-0.05, 0) is 65.1 Å². The van der Waals surface area contributed by atoms with Crippen molar-refractivity contribution in [3.63, 3.8) is 0 Å². The highest BCUT2D eigenvalue weighted by Gasteiger charge is 2.19. The minimum atomic E-state index is -0.433. The number of anilines is 1. The number of rotatable bonds is 6. The fraction of sp³-hybridized carbons (Fsp3) is 0.185. The molecule has 0 aliphatic heterocycles. The van der Waals surface area contributed by atoms with E-state index in [9.17, 15) is 14.9 Å². The smallest absolute Gasteiger partial charge is 0.269 e. The average Bonchev–Trinajstić information content (AvgIpc) is 3.27. The molecule has 35 heavy (non-hydrogen) atoms. The number of nitro benzene ring substituents is 1. The van der Waals surface area contributed by atoms with E-state index in [1.165, 1.54) is 23.5 Å². The molecule has 7 nitrogen and oxygen atoms in total. The van der Waals surface area contributed by atoms with Crippen LogP contribution in [0.2, 0.25) is 0 Å². The van der Waals surface area contributed by atoms with Gasteiger partial charge in [0.05, 0.1) is 22.6 Å². The van der Waals surface area contributed by atoms with E-state index >= 15 is 0 Å². The van der Waals surface area contributed by atoms with Gasteiger partial charge in [-0.15, -0.1) is 0 Å². The predicted molar refractivity (Wildman–Crippen MR) is 139 cm³/mol. The van der Waals surface area contributed by atoms with E-state index in [1.54, 1.807) is 19.2 Å². The molecule has 8 heteroatoms. The molecular weight excluding hydrogens is 462 g/mol. The van der Waals surface area contributed by atoms with Crippen LogP contribution < -0.4 is 10.1 Å². The maximum atomic E-state index is 12.9. The summed E-state index contributed by atoms with van der Waals surface area (Å²) in [5, 5.41) is 14.4. The number of thiazole rings is 1. The molecule has 4 rings (SSSR count). The Balaban J connectivity index is 1.68. The number of non-ortho nitro benzene ring substituents is 1. The van der Waals surface area contributed by atoms with Crippen LogP contribution in [-0.2, 0) is 5.41 Å². The van der Waals surface area contributed by atoms with Crippen LogP contribution in [0.25, 0.3) is 21.7 Å². The number of hydrogen-bond acceptors (Lipinski definition) is 6. The van der Waals surface area contributed by atoms with Gasteiger partial charge in [-0.1, -0.05) is 44.2 Å². The second kappa shape index (κ2) is 9.68. The van der Waals surface area contributed by atoms with Crippen molar-refractivity contribution in [3.05, 3.63) is 94.0 Å². The van der Waals surface area contributed by atoms with Crippen molar-refractivity contribution in [1.29, 1.82) is 0 Å². The number of carbonyl (C=O) groups excluding carboxylic acids is 1. The fourth-order valence-corrected chi connectivity index (χ4v) is 4.53. The van der Waals surface area contributed by atoms with E-state index in [0.717, 1.165) is 21.6 Å². The summed E-state index contributed by atoms with van der Waals surface area (Å²) in [5.41, 5.74) is 3.97. The molecule has 0 saturated carbocycles. The third-order valence-electron chi connectivity index (χ3n) is 5.56. The summed E-state index contributed by atoms with van der Waals surface area (Å²) in [6.45, 7) is 6.37. The summed E-state index contributed by atoms with van der Waals surface area (Å²) in [7, 11) is 1.60. The SMILES string of the molecule is COc1ccc(-c2nc(NC(=O)c3ccc(C(C)(C)C)cc3)sc2-c2ccc([N+](=O)[O-])cc2)cc1. The van der Waals surface area contributed by atoms with E-state index in [0.29, 0.717) is 22.1 Å². The second-order valence-corrected chi connectivity index (χ2v) is 10.0. The molecule has 1 amide bonds. The Morgan fingerprint density at radius 3 is 2.09 bits per heavy atom. The zero-order valence-electron chi connectivity index (χ0n) is 19.9. The van der Waals surface area contributed by atoms with Crippen LogP contribution in [0.15, 0.2) is 72.8 Å². The van der Waals surface area contributed by atoms with Gasteiger partial charge in [-0.2, -0.15) is 0 Å². The molecule has 1 aromatic heterocycles. The van der Waals surface area contributed by atoms with Gasteiger partial charge < -0.3 is 4.74 Å². The van der Waals surface area contributed by atoms with Crippen LogP contribution in [0, 0.1) is 10.1 Å². The van der Waals surface area contributed by atoms with Gasteiger partial charge in [-0.3, -0.25) is 20.2 Å². The molecule has 178 valence electrons. The van der Waals surface area contributed by atoms with Crippen LogP contribution in [-0.4, -0.2) is 22.9 Å². The number of aromatic nitrogens is 1. The Hall–Kier alpha value is -4.04. The van der Waals surface area contributed by atoms with Crippen LogP contribution in [0.1, 0.15) is 36.7 Å². The molecule has 0 saturated heterocycles. The van der Waals surface area contributed by atoms with Crippen molar-refractivity contribution in [3.8, 4) is 27.4 Å². The van der Waals surface area contributed by atoms with E-state index in [2.05, 4.69) is 26.1 Å². The lowest BCUT2D eigenvalue weighted by Gasteiger charge is -2.18. The van der Waals surface area contributed by atoms with Crippen molar-refractivity contribution in [2.45, 2.75) is 26.2 Å². The molecular formula is C27H25N3O4S. The van der Waals surface area contributed by atoms with Crippen LogP contribution >= 0.6 is 11.3 Å². The lowest BCUT2D eigenvalue weighted by molar-refractivity contribution is -0.384. The highest BCUT2D eigenvalue weighted by Crippen LogP contribution is 2.40. The summed E-state index contributed by atoms with van der Waals surface area (Å²) in [6.07, 6.45) is 0. The summed E-state index contributed by atoms with van der Waals surface area (Å²) in [5.74, 6) is 0.462. The third-order valence-corrected chi connectivity index (χ3v) is 6.58. The predicted octanol–water partition coefficient (Wildman–Crippen LogP) is 6.94. The number of nitrogens with zero attached hydrogens (tertiary/aromatic N) is 2. The number of carbonyl (C=O) groups is 1. The molecule has 0 spiro atoms. The van der Waals surface area contributed by atoms with Crippen LogP contribution in [0.5, 0.6) is 5.75 Å². The van der Waals surface area contributed by atoms with Gasteiger partial charge in [0, 0.05) is 23.3 Å². The van der Waals surface area contributed by atoms with E-state index < -0.39 is 4.92 Å². The largest absolute Gasteiger partial charge is 0.497 e. The zero-order valence-corrected chi connectivity index (χ0v) is 20.7. The molecule has 4 aromatic rings. The van der Waals surface area contributed by atoms with Gasteiger partial charge in [0.15, 0.2) is 5.13 Å². The highest BCUT2D eigenvalue weighted by atomic mass is 32.1. The number of nitrogens with one attached hydrogen (secondary N) is 1. The van der Waals surface area contributed by atoms with Gasteiger partial charge >= 0.3 is 0 Å². The maximum absolute atomic E-state index is 12.9. The molecule has 0 unspecified atom stereocenters. The number of hydrogen-bond donors (Lipinski definition) is 1. The molecule has 0 bridgehead atoms. The Bertz CT molecular complexity index is 1350. The summed E-state index contributed by atoms with van der Waals surface area (Å²) >= 11 is 1.32. The second-order valence-electron chi connectivity index (χ2n) is 9.01. The molecule has 0 radical (unpaired) electrons. The molecule has 3 aromatic carbocycles. The quantitative estimate of drug-likeness (QED) is 0.235. The Labute approximate surface area is 207 Å². The summed E-state index contributed by atoms with van der Waals surface area (Å²) < 4.78 is 5.25. The molecule has 0 atom stereocenters. The van der Waals surface area contributed by atoms with Gasteiger partial charge in [-0.25, -0.2) is 4.98 Å². The van der Waals surface area contributed by atoms with Crippen molar-refractivity contribution in [2.24, 2.45) is 0 Å². The first-order valence-electron chi connectivity index (χ1n) is 11.0. The van der Waals surface area contributed by atoms with Crippen molar-refractivity contribution >= 4 is 28.1 Å². The topological polar surface area (TPSA) is 94.4 Å². The third kappa shape index (κ3) is 5.38. The number of ether oxygens (including phenoxy) is 1. The average molecular weight is 488 g/mol. The van der Waals surface area contributed by atoms with E-state index in [1.807, 2.05) is 48.5 Å². The summed E-state index contributed by atoms with van der Waals surface area (Å²) in [4.78, 5) is 29.1. The summed E-state index contributed by atoms with van der Waals surface area (Å²) in [6, 6.07) is 21.3. The Morgan fingerprint density at radius 2 is 1.54 bits per heavy atom. The molecule has 0 fully saturated rings. The molecule has 0 aliphatic carbocycles. The Morgan fingerprint density at radius 1 is 0.943 bits per heavy atom. The minimum Gasteiger partial charge on any atom is -0.497 e. The molecule has 1 heterocycles. The lowest BCUT2D eigenvalue weighted by Crippen LogP contribution is -2.14. The first-order chi connectivity index (χ1) is 16.7. The van der Waals surface area contributed by atoms with Gasteiger partial charge in [0.2, 0.25) is 0 Å². The molecule has 0 aliphatic rings. The lowest BCUT2D eigenvalue weighted by atomic mass is 9.87. The monoisotopic (exact) mass is 487 g/mol. The fourth-order valence-electron chi connectivity index (χ4n) is 3.54. The minimum absolute atomic E-state index is 0.00274. The van der Waals surface area contributed by atoms with Crippen molar-refractivity contribution < 1.29 is 14.5 Å². The maximum Gasteiger partial charge on any atom is 0.269 e. The number of benzene rings is 3. The van der Waals surface area contributed by atoms with Gasteiger partial charge in [0.25, 0.3) is 11.6 Å². The zero-order chi connectivity index (χ0) is 25.2. The number of nitro groups is 1. The van der Waals surface area contributed by atoms with E-state index in [4.69, 9.17) is 9.72 Å². The van der Waals surface area contributed by atoms with E-state index in [-0.39, 0.29) is 17.0 Å². The van der Waals surface area contributed by atoms with Crippen molar-refractivity contribution in [2.75, 3.05) is 12.4 Å². The first kappa shape index (κ1) is 24.1. The van der Waals surface area contributed by atoms with Crippen molar-refractivity contribution in [1.82, 2.24) is 4.98 Å². The normalized spacial score (nSPS) is 11.2. The Kier molecular flexibility index (Phi) is 6.66. The standard InChI is InChI=1S/C27H25N3O4S/c1-27(2,3)20-11-5-19(6-12-20)25(31)29-26-28-23(17-9-15-22(34-4)16-10-17)24(35-26)18-7-13-21(14-8-18)30(32)33/h5-16H,1-4H3,(H,28,29,31). The van der Waals surface area contributed by atoms with Crippen LogP contribution in [0.3, 0.4) is 0 Å². The highest BCUT2D eigenvalue weighted by molar-refractivity contribution is 7.19. The number of amides is 1. The van der Waals surface area contributed by atoms with Gasteiger partial charge in [0.1, 0.15) is 5.75 Å². The first-order valence-corrected chi connectivity index (χ1v) is 11.8.